The van der Waals surface area contributed by atoms with Gasteiger partial charge in [-0.2, -0.15) is 5.10 Å². The van der Waals surface area contributed by atoms with Crippen LogP contribution in [0.1, 0.15) is 21.7 Å². The van der Waals surface area contributed by atoms with Gasteiger partial charge in [-0.15, -0.1) is 0 Å². The lowest BCUT2D eigenvalue weighted by molar-refractivity contribution is 0.0956. The van der Waals surface area contributed by atoms with E-state index in [1.54, 1.807) is 6.07 Å². The summed E-state index contributed by atoms with van der Waals surface area (Å²) in [4.78, 5) is 21.9. The highest BCUT2D eigenvalue weighted by atomic mass is 16.2. The Morgan fingerprint density at radius 1 is 0.929 bits per heavy atom. The van der Waals surface area contributed by atoms with Gasteiger partial charge in [0.2, 0.25) is 0 Å². The van der Waals surface area contributed by atoms with Crippen LogP contribution in [-0.2, 0) is 0 Å². The van der Waals surface area contributed by atoms with E-state index >= 15 is 0 Å². The summed E-state index contributed by atoms with van der Waals surface area (Å²) in [5.41, 5.74) is 7.16. The summed E-state index contributed by atoms with van der Waals surface area (Å²) in [5.74, 6) is -0.292. The number of rotatable bonds is 4. The molecule has 0 bridgehead atoms. The van der Waals surface area contributed by atoms with Crippen molar-refractivity contribution in [3.8, 4) is 11.3 Å². The number of aromatic nitrogens is 2. The lowest BCUT2D eigenvalue weighted by atomic mass is 10.0. The smallest absolute Gasteiger partial charge is 0.267 e. The monoisotopic (exact) mass is 366 g/mol. The summed E-state index contributed by atoms with van der Waals surface area (Å²) in [5, 5.41) is 4.84. The minimum Gasteiger partial charge on any atom is -0.267 e. The summed E-state index contributed by atoms with van der Waals surface area (Å²) >= 11 is 0. The third kappa shape index (κ3) is 3.78. The molecular formula is C23H18N4O. The second kappa shape index (κ2) is 7.80. The van der Waals surface area contributed by atoms with Crippen LogP contribution in [0.5, 0.6) is 0 Å². The highest BCUT2D eigenvalue weighted by molar-refractivity contribution is 6.07. The third-order valence-corrected chi connectivity index (χ3v) is 4.30. The average molecular weight is 366 g/mol. The van der Waals surface area contributed by atoms with Crippen LogP contribution in [0.25, 0.3) is 22.2 Å². The van der Waals surface area contributed by atoms with E-state index in [1.165, 1.54) is 6.21 Å². The van der Waals surface area contributed by atoms with E-state index in [1.807, 2.05) is 79.7 Å². The van der Waals surface area contributed by atoms with Gasteiger partial charge >= 0.3 is 0 Å². The molecule has 0 aliphatic rings. The Kier molecular flexibility index (Phi) is 4.89. The molecule has 1 amide bonds. The molecule has 0 spiro atoms. The molecule has 28 heavy (non-hydrogen) atoms. The van der Waals surface area contributed by atoms with Crippen molar-refractivity contribution in [2.24, 2.45) is 5.10 Å². The molecule has 4 aromatic rings. The topological polar surface area (TPSA) is 67.2 Å². The number of para-hydroxylation sites is 1. The van der Waals surface area contributed by atoms with Crippen LogP contribution < -0.4 is 5.43 Å². The van der Waals surface area contributed by atoms with Crippen molar-refractivity contribution >= 4 is 23.0 Å². The Balaban J connectivity index is 1.67. The Labute approximate surface area is 162 Å². The molecule has 0 atom stereocenters. The first-order valence-corrected chi connectivity index (χ1v) is 8.93. The van der Waals surface area contributed by atoms with Gasteiger partial charge in [-0.25, -0.2) is 10.4 Å². The largest absolute Gasteiger partial charge is 0.272 e. The van der Waals surface area contributed by atoms with Crippen LogP contribution in [-0.4, -0.2) is 22.1 Å². The maximum atomic E-state index is 12.8. The number of pyridine rings is 2. The highest BCUT2D eigenvalue weighted by Crippen LogP contribution is 2.24. The van der Waals surface area contributed by atoms with Gasteiger partial charge in [0.25, 0.3) is 5.91 Å². The van der Waals surface area contributed by atoms with E-state index in [4.69, 9.17) is 4.98 Å². The van der Waals surface area contributed by atoms with E-state index in [-0.39, 0.29) is 5.91 Å². The Morgan fingerprint density at radius 3 is 2.54 bits per heavy atom. The van der Waals surface area contributed by atoms with Crippen molar-refractivity contribution in [3.63, 3.8) is 0 Å². The Hall–Kier alpha value is -3.86. The molecule has 136 valence electrons. The van der Waals surface area contributed by atoms with Crippen LogP contribution in [0.15, 0.2) is 84.0 Å². The molecule has 4 rings (SSSR count). The fourth-order valence-electron chi connectivity index (χ4n) is 2.97. The number of hydrazone groups is 1. The molecule has 0 aliphatic heterocycles. The lowest BCUT2D eigenvalue weighted by Gasteiger charge is -2.09. The predicted molar refractivity (Wildman–Crippen MR) is 111 cm³/mol. The van der Waals surface area contributed by atoms with Crippen molar-refractivity contribution in [2.75, 3.05) is 0 Å². The number of fused-ring (bicyclic) bond motifs is 1. The first-order valence-electron chi connectivity index (χ1n) is 8.93. The molecule has 0 radical (unpaired) electrons. The Morgan fingerprint density at radius 2 is 1.71 bits per heavy atom. The van der Waals surface area contributed by atoms with E-state index in [0.717, 1.165) is 27.9 Å². The second-order valence-electron chi connectivity index (χ2n) is 6.34. The number of hydrogen-bond acceptors (Lipinski definition) is 4. The SMILES string of the molecule is Cc1cccc(/C=N/NC(=O)c2cc(-c3ccccc3)nc3ccccc23)n1. The summed E-state index contributed by atoms with van der Waals surface area (Å²) in [7, 11) is 0. The fourth-order valence-corrected chi connectivity index (χ4v) is 2.97. The number of nitrogens with zero attached hydrogens (tertiary/aromatic N) is 3. The van der Waals surface area contributed by atoms with Gasteiger partial charge in [-0.3, -0.25) is 9.78 Å². The zero-order chi connectivity index (χ0) is 19.3. The lowest BCUT2D eigenvalue weighted by Crippen LogP contribution is -2.18. The maximum absolute atomic E-state index is 12.8. The summed E-state index contributed by atoms with van der Waals surface area (Å²) < 4.78 is 0. The standard InChI is InChI=1S/C23H18N4O/c1-16-8-7-11-18(25-16)15-24-27-23(28)20-14-22(17-9-3-2-4-10-17)26-21-13-6-5-12-19(20)21/h2-15H,1H3,(H,27,28)/b24-15+. The predicted octanol–water partition coefficient (Wildman–Crippen LogP) is 4.37. The van der Waals surface area contributed by atoms with Crippen LogP contribution >= 0.6 is 0 Å². The summed E-state index contributed by atoms with van der Waals surface area (Å²) in [6.45, 7) is 1.91. The number of carbonyl (C=O) groups is 1. The molecule has 0 saturated carbocycles. The molecule has 1 N–H and O–H groups in total. The fraction of sp³-hybridized carbons (Fsp3) is 0.0435. The van der Waals surface area contributed by atoms with Gasteiger partial charge in [0.15, 0.2) is 0 Å². The maximum Gasteiger partial charge on any atom is 0.272 e. The number of aryl methyl sites for hydroxylation is 1. The molecule has 5 heteroatoms. The Bertz CT molecular complexity index is 1170. The normalized spacial score (nSPS) is 11.0. The number of benzene rings is 2. The van der Waals surface area contributed by atoms with Gasteiger partial charge in [0, 0.05) is 16.6 Å². The van der Waals surface area contributed by atoms with E-state index in [0.29, 0.717) is 11.3 Å². The quantitative estimate of drug-likeness (QED) is 0.431. The number of amides is 1. The van der Waals surface area contributed by atoms with Crippen molar-refractivity contribution in [3.05, 3.63) is 95.8 Å². The van der Waals surface area contributed by atoms with Gasteiger partial charge in [-0.05, 0) is 31.2 Å². The summed E-state index contributed by atoms with van der Waals surface area (Å²) in [6, 6.07) is 24.8. The molecule has 2 aromatic carbocycles. The molecule has 5 nitrogen and oxygen atoms in total. The van der Waals surface area contributed by atoms with Gasteiger partial charge in [0.05, 0.1) is 28.7 Å². The second-order valence-corrected chi connectivity index (χ2v) is 6.34. The number of carbonyl (C=O) groups excluding carboxylic acids is 1. The number of hydrogen-bond donors (Lipinski definition) is 1. The summed E-state index contributed by atoms with van der Waals surface area (Å²) in [6.07, 6.45) is 1.53. The van der Waals surface area contributed by atoms with Crippen LogP contribution in [0.3, 0.4) is 0 Å². The zero-order valence-electron chi connectivity index (χ0n) is 15.3. The number of nitrogens with one attached hydrogen (secondary N) is 1. The zero-order valence-corrected chi connectivity index (χ0v) is 15.3. The molecule has 0 aliphatic carbocycles. The van der Waals surface area contributed by atoms with Gasteiger partial charge < -0.3 is 0 Å². The van der Waals surface area contributed by atoms with Crippen molar-refractivity contribution < 1.29 is 4.79 Å². The highest BCUT2D eigenvalue weighted by Gasteiger charge is 2.13. The minimum atomic E-state index is -0.292. The molecule has 2 aromatic heterocycles. The molecule has 0 fully saturated rings. The van der Waals surface area contributed by atoms with E-state index in [2.05, 4.69) is 15.5 Å². The van der Waals surface area contributed by atoms with Crippen molar-refractivity contribution in [1.82, 2.24) is 15.4 Å². The van der Waals surface area contributed by atoms with Gasteiger partial charge in [0.1, 0.15) is 0 Å². The first kappa shape index (κ1) is 17.5. The molecule has 2 heterocycles. The molecular weight excluding hydrogens is 348 g/mol. The van der Waals surface area contributed by atoms with Crippen LogP contribution in [0.2, 0.25) is 0 Å². The first-order chi connectivity index (χ1) is 13.7. The minimum absolute atomic E-state index is 0.292. The van der Waals surface area contributed by atoms with Crippen LogP contribution in [0.4, 0.5) is 0 Å². The molecule has 0 saturated heterocycles. The average Bonchev–Trinajstić information content (AvgIpc) is 2.73. The van der Waals surface area contributed by atoms with E-state index < -0.39 is 0 Å². The molecule has 0 unspecified atom stereocenters. The van der Waals surface area contributed by atoms with Crippen molar-refractivity contribution in [1.29, 1.82) is 0 Å². The van der Waals surface area contributed by atoms with Crippen molar-refractivity contribution in [2.45, 2.75) is 6.92 Å². The van der Waals surface area contributed by atoms with Gasteiger partial charge in [-0.1, -0.05) is 54.6 Å². The van der Waals surface area contributed by atoms with Crippen LogP contribution in [0, 0.1) is 6.92 Å². The van der Waals surface area contributed by atoms with E-state index in [9.17, 15) is 4.79 Å². The third-order valence-electron chi connectivity index (χ3n) is 4.30.